The van der Waals surface area contributed by atoms with E-state index in [1.54, 1.807) is 0 Å². The number of rotatable bonds is 3. The van der Waals surface area contributed by atoms with Crippen LogP contribution >= 0.6 is 0 Å². The zero-order chi connectivity index (χ0) is 15.8. The van der Waals surface area contributed by atoms with E-state index in [1.807, 2.05) is 0 Å². The summed E-state index contributed by atoms with van der Waals surface area (Å²) in [4.78, 5) is 13.7. The minimum atomic E-state index is -5.90. The molecule has 21 heavy (non-hydrogen) atoms. The molecule has 0 aliphatic rings. The van der Waals surface area contributed by atoms with Gasteiger partial charge in [0, 0.05) is 11.6 Å². The molecule has 112 valence electrons. The first kappa shape index (κ1) is 15.0. The van der Waals surface area contributed by atoms with Crippen molar-refractivity contribution in [2.45, 2.75) is 5.51 Å². The molecule has 1 aromatic carbocycles. The van der Waals surface area contributed by atoms with Crippen LogP contribution in [0.15, 0.2) is 30.5 Å². The van der Waals surface area contributed by atoms with Gasteiger partial charge < -0.3 is 4.18 Å². The van der Waals surface area contributed by atoms with Gasteiger partial charge in [0.15, 0.2) is 5.75 Å². The van der Waals surface area contributed by atoms with Gasteiger partial charge in [0.25, 0.3) is 5.69 Å². The largest absolute Gasteiger partial charge is 0.534 e. The Kier molecular flexibility index (Phi) is 3.45. The molecule has 0 fully saturated rings. The van der Waals surface area contributed by atoms with Crippen molar-refractivity contribution in [2.24, 2.45) is 0 Å². The number of nitro benzene ring substituents is 1. The summed E-state index contributed by atoms with van der Waals surface area (Å²) in [7, 11) is -5.90. The number of halogens is 3. The first-order valence-corrected chi connectivity index (χ1v) is 6.56. The SMILES string of the molecule is O=[N+]([O-])c1cc(OS(=O)(=O)C(F)(F)F)cc2cccnc12. The average molecular weight is 322 g/mol. The molecule has 0 unspecified atom stereocenters. The molecule has 0 atom stereocenters. The molecule has 0 saturated heterocycles. The first-order valence-electron chi connectivity index (χ1n) is 5.16. The molecular weight excluding hydrogens is 317 g/mol. The van der Waals surface area contributed by atoms with Crippen molar-refractivity contribution in [3.05, 3.63) is 40.6 Å². The van der Waals surface area contributed by atoms with E-state index in [-0.39, 0.29) is 10.9 Å². The summed E-state index contributed by atoms with van der Waals surface area (Å²) >= 11 is 0. The van der Waals surface area contributed by atoms with E-state index < -0.39 is 32.0 Å². The maximum Gasteiger partial charge on any atom is 0.534 e. The Balaban J connectivity index is 2.59. The molecule has 0 spiro atoms. The van der Waals surface area contributed by atoms with Crippen LogP contribution in [0.1, 0.15) is 0 Å². The van der Waals surface area contributed by atoms with Crippen LogP contribution in [0.5, 0.6) is 5.75 Å². The summed E-state index contributed by atoms with van der Waals surface area (Å²) in [6.07, 6.45) is 1.25. The number of aromatic nitrogens is 1. The van der Waals surface area contributed by atoms with Gasteiger partial charge in [-0.2, -0.15) is 21.6 Å². The summed E-state index contributed by atoms with van der Waals surface area (Å²) in [6, 6.07) is 4.19. The molecule has 0 radical (unpaired) electrons. The fourth-order valence-corrected chi connectivity index (χ4v) is 1.95. The lowest BCUT2D eigenvalue weighted by Crippen LogP contribution is -2.28. The predicted molar refractivity (Wildman–Crippen MR) is 64.0 cm³/mol. The van der Waals surface area contributed by atoms with E-state index in [2.05, 4.69) is 9.17 Å². The second-order valence-corrected chi connectivity index (χ2v) is 5.30. The molecule has 0 N–H and O–H groups in total. The molecule has 1 aromatic heterocycles. The van der Waals surface area contributed by atoms with Gasteiger partial charge >= 0.3 is 15.6 Å². The zero-order valence-corrected chi connectivity index (χ0v) is 10.7. The van der Waals surface area contributed by atoms with Crippen LogP contribution in [-0.4, -0.2) is 23.8 Å². The Hall–Kier alpha value is -2.43. The maximum absolute atomic E-state index is 12.2. The molecule has 0 saturated carbocycles. The molecule has 0 bridgehead atoms. The van der Waals surface area contributed by atoms with E-state index in [0.29, 0.717) is 6.07 Å². The molecule has 11 heteroatoms. The highest BCUT2D eigenvalue weighted by Gasteiger charge is 2.48. The minimum Gasteiger partial charge on any atom is -0.376 e. The predicted octanol–water partition coefficient (Wildman–Crippen LogP) is 2.37. The number of non-ortho nitro benzene ring substituents is 1. The Morgan fingerprint density at radius 3 is 2.52 bits per heavy atom. The maximum atomic E-state index is 12.2. The number of fused-ring (bicyclic) bond motifs is 1. The highest BCUT2D eigenvalue weighted by Crippen LogP contribution is 2.32. The Morgan fingerprint density at radius 1 is 1.29 bits per heavy atom. The van der Waals surface area contributed by atoms with E-state index in [1.165, 1.54) is 18.3 Å². The topological polar surface area (TPSA) is 99.4 Å². The van der Waals surface area contributed by atoms with Gasteiger partial charge in [-0.05, 0) is 12.1 Å². The third kappa shape index (κ3) is 2.86. The number of pyridine rings is 1. The van der Waals surface area contributed by atoms with Crippen LogP contribution in [0.4, 0.5) is 18.9 Å². The van der Waals surface area contributed by atoms with Gasteiger partial charge in [-0.15, -0.1) is 0 Å². The molecule has 2 aromatic rings. The molecule has 7 nitrogen and oxygen atoms in total. The lowest BCUT2D eigenvalue weighted by atomic mass is 10.2. The number of nitro groups is 1. The van der Waals surface area contributed by atoms with Crippen LogP contribution in [0.25, 0.3) is 10.9 Å². The molecule has 1 heterocycles. The van der Waals surface area contributed by atoms with Crippen molar-refractivity contribution in [2.75, 3.05) is 0 Å². The number of hydrogen-bond acceptors (Lipinski definition) is 6. The minimum absolute atomic E-state index is 0.0686. The van der Waals surface area contributed by atoms with Gasteiger partial charge in [0.2, 0.25) is 0 Å². The van der Waals surface area contributed by atoms with Crippen molar-refractivity contribution in [1.82, 2.24) is 4.98 Å². The fraction of sp³-hybridized carbons (Fsp3) is 0.100. The Morgan fingerprint density at radius 2 is 1.95 bits per heavy atom. The Bertz CT molecular complexity index is 819. The lowest BCUT2D eigenvalue weighted by molar-refractivity contribution is -0.383. The van der Waals surface area contributed by atoms with Gasteiger partial charge in [-0.25, -0.2) is 4.98 Å². The van der Waals surface area contributed by atoms with Gasteiger partial charge in [-0.3, -0.25) is 10.1 Å². The van der Waals surface area contributed by atoms with E-state index in [9.17, 15) is 31.7 Å². The fourth-order valence-electron chi connectivity index (χ4n) is 1.51. The third-order valence-corrected chi connectivity index (χ3v) is 3.32. The van der Waals surface area contributed by atoms with Crippen molar-refractivity contribution >= 4 is 26.7 Å². The average Bonchev–Trinajstić information content (AvgIpc) is 2.35. The molecule has 0 aliphatic heterocycles. The molecule has 0 amide bonds. The molecule has 0 aliphatic carbocycles. The highest BCUT2D eigenvalue weighted by molar-refractivity contribution is 7.88. The summed E-state index contributed by atoms with van der Waals surface area (Å²) in [5, 5.41) is 10.9. The number of nitrogens with zero attached hydrogens (tertiary/aromatic N) is 2. The number of hydrogen-bond donors (Lipinski definition) is 0. The smallest absolute Gasteiger partial charge is 0.376 e. The first-order chi connectivity index (χ1) is 9.62. The second kappa shape index (κ2) is 4.84. The summed E-state index contributed by atoms with van der Waals surface area (Å²) in [5.41, 5.74) is -6.40. The number of alkyl halides is 3. The normalized spacial score (nSPS) is 12.3. The van der Waals surface area contributed by atoms with E-state index in [4.69, 9.17) is 0 Å². The van der Waals surface area contributed by atoms with E-state index in [0.717, 1.165) is 6.07 Å². The zero-order valence-electron chi connectivity index (χ0n) is 9.86. The highest BCUT2D eigenvalue weighted by atomic mass is 32.2. The van der Waals surface area contributed by atoms with Crippen LogP contribution in [-0.2, 0) is 10.1 Å². The number of benzene rings is 1. The van der Waals surface area contributed by atoms with Gasteiger partial charge in [0.1, 0.15) is 5.52 Å². The lowest BCUT2D eigenvalue weighted by Gasteiger charge is -2.10. The third-order valence-electron chi connectivity index (χ3n) is 2.34. The monoisotopic (exact) mass is 322 g/mol. The van der Waals surface area contributed by atoms with Crippen molar-refractivity contribution in [3.63, 3.8) is 0 Å². The Labute approximate surface area is 115 Å². The summed E-state index contributed by atoms with van der Waals surface area (Å²) < 4.78 is 62.4. The molecule has 2 rings (SSSR count). The van der Waals surface area contributed by atoms with Crippen LogP contribution in [0.3, 0.4) is 0 Å². The standard InChI is InChI=1S/C10H5F3N2O5S/c11-10(12,13)21(18,19)20-7-4-6-2-1-3-14-9(6)8(5-7)15(16)17/h1-5H. The van der Waals surface area contributed by atoms with Crippen LogP contribution < -0.4 is 4.18 Å². The van der Waals surface area contributed by atoms with Gasteiger partial charge in [0.05, 0.1) is 11.0 Å². The van der Waals surface area contributed by atoms with Crippen LogP contribution in [0.2, 0.25) is 0 Å². The molecular formula is C10H5F3N2O5S. The quantitative estimate of drug-likeness (QED) is 0.372. The van der Waals surface area contributed by atoms with Crippen LogP contribution in [0, 0.1) is 10.1 Å². The summed E-state index contributed by atoms with van der Waals surface area (Å²) in [5.74, 6) is -0.820. The second-order valence-electron chi connectivity index (χ2n) is 3.76. The van der Waals surface area contributed by atoms with Crippen molar-refractivity contribution in [3.8, 4) is 5.75 Å². The van der Waals surface area contributed by atoms with Crippen molar-refractivity contribution in [1.29, 1.82) is 0 Å². The van der Waals surface area contributed by atoms with Crippen molar-refractivity contribution < 1.29 is 30.7 Å². The summed E-state index contributed by atoms with van der Waals surface area (Å²) in [6.45, 7) is 0. The van der Waals surface area contributed by atoms with Gasteiger partial charge in [-0.1, -0.05) is 6.07 Å². The van der Waals surface area contributed by atoms with E-state index >= 15 is 0 Å².